The fourth-order valence-electron chi connectivity index (χ4n) is 3.09. The van der Waals surface area contributed by atoms with Crippen LogP contribution in [0.2, 0.25) is 0 Å². The second kappa shape index (κ2) is 8.53. The number of carbonyl (C=O) groups is 2. The molecule has 3 nitrogen and oxygen atoms in total. The van der Waals surface area contributed by atoms with Gasteiger partial charge < -0.3 is 0 Å². The standard InChI is InChI=1S/C22H22FNO2S/c1-3-5-6-15-7-13-18(14-8-15)24-21(25)19(20(22(24)26)27-4-2)16-9-11-17(23)12-10-16/h7-14H,3-6H2,1-2H3. The lowest BCUT2D eigenvalue weighted by Gasteiger charge is -2.15. The second-order valence-corrected chi connectivity index (χ2v) is 7.63. The monoisotopic (exact) mass is 383 g/mol. The highest BCUT2D eigenvalue weighted by molar-refractivity contribution is 8.04. The zero-order valence-corrected chi connectivity index (χ0v) is 16.3. The van der Waals surface area contributed by atoms with Crippen LogP contribution in [0.25, 0.3) is 5.57 Å². The molecule has 5 heteroatoms. The molecule has 0 radical (unpaired) electrons. The summed E-state index contributed by atoms with van der Waals surface area (Å²) in [5, 5.41) is 0. The van der Waals surface area contributed by atoms with Crippen LogP contribution in [0.4, 0.5) is 10.1 Å². The molecular formula is C22H22FNO2S. The molecule has 0 unspecified atom stereocenters. The van der Waals surface area contributed by atoms with Crippen molar-refractivity contribution in [3.63, 3.8) is 0 Å². The zero-order valence-electron chi connectivity index (χ0n) is 15.5. The average molecular weight is 383 g/mol. The number of carbonyl (C=O) groups excluding carboxylic acids is 2. The van der Waals surface area contributed by atoms with Crippen LogP contribution in [0, 0.1) is 5.82 Å². The number of benzene rings is 2. The maximum Gasteiger partial charge on any atom is 0.272 e. The van der Waals surface area contributed by atoms with Gasteiger partial charge in [-0.3, -0.25) is 9.59 Å². The van der Waals surface area contributed by atoms with Gasteiger partial charge in [0.15, 0.2) is 0 Å². The van der Waals surface area contributed by atoms with Gasteiger partial charge in [0, 0.05) is 0 Å². The van der Waals surface area contributed by atoms with E-state index >= 15 is 0 Å². The van der Waals surface area contributed by atoms with Gasteiger partial charge in [-0.1, -0.05) is 44.5 Å². The van der Waals surface area contributed by atoms with Crippen LogP contribution in [0.3, 0.4) is 0 Å². The zero-order chi connectivity index (χ0) is 19.4. The highest BCUT2D eigenvalue weighted by Crippen LogP contribution is 2.38. The van der Waals surface area contributed by atoms with E-state index in [1.54, 1.807) is 12.1 Å². The SMILES string of the molecule is CCCCc1ccc(N2C(=O)C(SCC)=C(c3ccc(F)cc3)C2=O)cc1. The van der Waals surface area contributed by atoms with Gasteiger partial charge in [0.2, 0.25) is 0 Å². The van der Waals surface area contributed by atoms with E-state index in [0.717, 1.165) is 19.3 Å². The van der Waals surface area contributed by atoms with Crippen LogP contribution >= 0.6 is 11.8 Å². The number of thioether (sulfide) groups is 1. The molecule has 2 amide bonds. The Morgan fingerprint density at radius 2 is 1.59 bits per heavy atom. The maximum absolute atomic E-state index is 13.3. The molecular weight excluding hydrogens is 361 g/mol. The molecule has 2 aromatic rings. The molecule has 0 atom stereocenters. The van der Waals surface area contributed by atoms with E-state index in [0.29, 0.717) is 27.5 Å². The van der Waals surface area contributed by atoms with Crippen molar-refractivity contribution >= 4 is 34.8 Å². The van der Waals surface area contributed by atoms with Crippen molar-refractivity contribution in [2.75, 3.05) is 10.7 Å². The summed E-state index contributed by atoms with van der Waals surface area (Å²) in [4.78, 5) is 27.7. The second-order valence-electron chi connectivity index (χ2n) is 6.36. The Morgan fingerprint density at radius 3 is 2.19 bits per heavy atom. The molecule has 2 aromatic carbocycles. The van der Waals surface area contributed by atoms with Gasteiger partial charge in [0.05, 0.1) is 16.2 Å². The van der Waals surface area contributed by atoms with E-state index in [4.69, 9.17) is 0 Å². The Labute approximate surface area is 163 Å². The number of unbranched alkanes of at least 4 members (excludes halogenated alkanes) is 1. The Morgan fingerprint density at radius 1 is 0.926 bits per heavy atom. The Kier molecular flexibility index (Phi) is 6.11. The minimum atomic E-state index is -0.375. The van der Waals surface area contributed by atoms with Crippen molar-refractivity contribution in [2.45, 2.75) is 33.1 Å². The molecule has 0 aromatic heterocycles. The average Bonchev–Trinajstić information content (AvgIpc) is 2.92. The molecule has 0 spiro atoms. The van der Waals surface area contributed by atoms with Gasteiger partial charge in [-0.25, -0.2) is 9.29 Å². The quantitative estimate of drug-likeness (QED) is 0.616. The minimum absolute atomic E-state index is 0.313. The first-order valence-electron chi connectivity index (χ1n) is 9.17. The molecule has 0 N–H and O–H groups in total. The van der Waals surface area contributed by atoms with Crippen LogP contribution in [0.15, 0.2) is 53.4 Å². The molecule has 1 heterocycles. The number of hydrogen-bond donors (Lipinski definition) is 0. The van der Waals surface area contributed by atoms with E-state index in [2.05, 4.69) is 6.92 Å². The predicted octanol–water partition coefficient (Wildman–Crippen LogP) is 5.21. The fourth-order valence-corrected chi connectivity index (χ4v) is 3.94. The first kappa shape index (κ1) is 19.4. The van der Waals surface area contributed by atoms with Crippen LogP contribution in [-0.4, -0.2) is 17.6 Å². The van der Waals surface area contributed by atoms with Crippen molar-refractivity contribution in [1.82, 2.24) is 0 Å². The summed E-state index contributed by atoms with van der Waals surface area (Å²) in [5.41, 5.74) is 2.67. The van der Waals surface area contributed by atoms with Crippen LogP contribution in [-0.2, 0) is 16.0 Å². The number of anilines is 1. The Hall–Kier alpha value is -2.40. The Bertz CT molecular complexity index is 872. The molecule has 0 bridgehead atoms. The summed E-state index contributed by atoms with van der Waals surface area (Å²) < 4.78 is 13.3. The first-order chi connectivity index (χ1) is 13.1. The smallest absolute Gasteiger partial charge is 0.268 e. The van der Waals surface area contributed by atoms with Crippen molar-refractivity contribution in [3.8, 4) is 0 Å². The number of aryl methyl sites for hydroxylation is 1. The molecule has 1 aliphatic rings. The minimum Gasteiger partial charge on any atom is -0.268 e. The third kappa shape index (κ3) is 3.98. The molecule has 27 heavy (non-hydrogen) atoms. The number of imide groups is 1. The molecule has 3 rings (SSSR count). The molecule has 0 saturated carbocycles. The molecule has 0 saturated heterocycles. The van der Waals surface area contributed by atoms with Gasteiger partial charge in [-0.05, 0) is 54.0 Å². The van der Waals surface area contributed by atoms with Crippen molar-refractivity contribution in [2.24, 2.45) is 0 Å². The van der Waals surface area contributed by atoms with E-state index in [9.17, 15) is 14.0 Å². The highest BCUT2D eigenvalue weighted by Gasteiger charge is 2.39. The molecule has 140 valence electrons. The predicted molar refractivity (Wildman–Crippen MR) is 109 cm³/mol. The van der Waals surface area contributed by atoms with E-state index in [1.807, 2.05) is 31.2 Å². The highest BCUT2D eigenvalue weighted by atomic mass is 32.2. The molecule has 0 aliphatic carbocycles. The summed E-state index contributed by atoms with van der Waals surface area (Å²) in [6, 6.07) is 13.3. The summed E-state index contributed by atoms with van der Waals surface area (Å²) in [6.45, 7) is 4.08. The number of amides is 2. The first-order valence-corrected chi connectivity index (χ1v) is 10.2. The van der Waals surface area contributed by atoms with Gasteiger partial charge in [-0.15, -0.1) is 11.8 Å². The van der Waals surface area contributed by atoms with Gasteiger partial charge in [0.1, 0.15) is 5.82 Å². The van der Waals surface area contributed by atoms with E-state index in [-0.39, 0.29) is 17.6 Å². The third-order valence-electron chi connectivity index (χ3n) is 4.48. The number of halogens is 1. The van der Waals surface area contributed by atoms with Gasteiger partial charge in [0.25, 0.3) is 11.8 Å². The number of nitrogens with zero attached hydrogens (tertiary/aromatic N) is 1. The number of hydrogen-bond acceptors (Lipinski definition) is 3. The van der Waals surface area contributed by atoms with Gasteiger partial charge in [-0.2, -0.15) is 0 Å². The van der Waals surface area contributed by atoms with Crippen molar-refractivity contribution < 1.29 is 14.0 Å². The summed E-state index contributed by atoms with van der Waals surface area (Å²) >= 11 is 1.34. The lowest BCUT2D eigenvalue weighted by Crippen LogP contribution is -2.31. The largest absolute Gasteiger partial charge is 0.272 e. The van der Waals surface area contributed by atoms with Crippen molar-refractivity contribution in [3.05, 3.63) is 70.4 Å². The summed E-state index contributed by atoms with van der Waals surface area (Å²) in [6.07, 6.45) is 3.20. The van der Waals surface area contributed by atoms with Crippen LogP contribution in [0.1, 0.15) is 37.8 Å². The summed E-state index contributed by atoms with van der Waals surface area (Å²) in [5.74, 6) is -0.375. The Balaban J connectivity index is 1.94. The normalized spacial score (nSPS) is 14.4. The third-order valence-corrected chi connectivity index (χ3v) is 5.43. The van der Waals surface area contributed by atoms with E-state index in [1.165, 1.54) is 34.4 Å². The van der Waals surface area contributed by atoms with Crippen molar-refractivity contribution in [1.29, 1.82) is 0 Å². The van der Waals surface area contributed by atoms with Crippen LogP contribution in [0.5, 0.6) is 0 Å². The molecule has 0 fully saturated rings. The number of rotatable bonds is 7. The fraction of sp³-hybridized carbons (Fsp3) is 0.273. The lowest BCUT2D eigenvalue weighted by molar-refractivity contribution is -0.119. The lowest BCUT2D eigenvalue weighted by atomic mass is 10.1. The van der Waals surface area contributed by atoms with E-state index < -0.39 is 0 Å². The maximum atomic E-state index is 13.3. The molecule has 1 aliphatic heterocycles. The van der Waals surface area contributed by atoms with Crippen LogP contribution < -0.4 is 4.90 Å². The topological polar surface area (TPSA) is 37.4 Å². The summed E-state index contributed by atoms with van der Waals surface area (Å²) in [7, 11) is 0. The van der Waals surface area contributed by atoms with Gasteiger partial charge >= 0.3 is 0 Å².